The van der Waals surface area contributed by atoms with Gasteiger partial charge in [0.25, 0.3) is 0 Å². The molecule has 0 radical (unpaired) electrons. The van der Waals surface area contributed by atoms with E-state index in [9.17, 15) is 8.42 Å². The van der Waals surface area contributed by atoms with E-state index in [4.69, 9.17) is 0 Å². The van der Waals surface area contributed by atoms with Crippen LogP contribution in [-0.2, 0) is 10.0 Å². The molecular formula is C14H22N2O2S. The van der Waals surface area contributed by atoms with Crippen LogP contribution >= 0.6 is 0 Å². The highest BCUT2D eigenvalue weighted by atomic mass is 32.2. The lowest BCUT2D eigenvalue weighted by Gasteiger charge is -2.26. The van der Waals surface area contributed by atoms with Crippen LogP contribution in [0.15, 0.2) is 29.2 Å². The molecule has 1 fully saturated rings. The van der Waals surface area contributed by atoms with Gasteiger partial charge >= 0.3 is 0 Å². The minimum Gasteiger partial charge on any atom is -0.313 e. The molecule has 0 bridgehead atoms. The monoisotopic (exact) mass is 282 g/mol. The maximum atomic E-state index is 12.3. The van der Waals surface area contributed by atoms with E-state index in [0.29, 0.717) is 4.90 Å². The lowest BCUT2D eigenvalue weighted by atomic mass is 9.94. The van der Waals surface area contributed by atoms with Crippen molar-refractivity contribution in [2.75, 3.05) is 7.05 Å². The average Bonchev–Trinajstić information content (AvgIpc) is 2.36. The molecule has 0 spiro atoms. The first-order valence-electron chi connectivity index (χ1n) is 6.86. The van der Waals surface area contributed by atoms with Gasteiger partial charge in [-0.2, -0.15) is 0 Å². The molecule has 4 nitrogen and oxygen atoms in total. The van der Waals surface area contributed by atoms with E-state index in [1.165, 1.54) is 0 Å². The summed E-state index contributed by atoms with van der Waals surface area (Å²) in [4.78, 5) is 0.366. The van der Waals surface area contributed by atoms with E-state index in [2.05, 4.69) is 17.0 Å². The van der Waals surface area contributed by atoms with Crippen LogP contribution < -0.4 is 10.0 Å². The Bertz CT molecular complexity index is 520. The predicted molar refractivity (Wildman–Crippen MR) is 76.5 cm³/mol. The van der Waals surface area contributed by atoms with Gasteiger partial charge in [0.15, 0.2) is 0 Å². The molecule has 0 aliphatic heterocycles. The standard InChI is InChI=1S/C14H22N2O2S/c1-3-14(15-2)11-6-4-9-13(10-11)19(17,18)16-12-7-5-8-12/h4,6,9-10,12,14-16H,3,5,7-8H2,1-2H3. The molecule has 1 atom stereocenters. The number of rotatable bonds is 6. The van der Waals surface area contributed by atoms with Crippen molar-refractivity contribution < 1.29 is 8.42 Å². The summed E-state index contributed by atoms with van der Waals surface area (Å²) in [6, 6.07) is 7.52. The van der Waals surface area contributed by atoms with E-state index < -0.39 is 10.0 Å². The SMILES string of the molecule is CCC(NC)c1cccc(S(=O)(=O)NC2CCC2)c1. The topological polar surface area (TPSA) is 58.2 Å². The molecule has 106 valence electrons. The van der Waals surface area contributed by atoms with Crippen molar-refractivity contribution in [2.45, 2.75) is 49.6 Å². The first-order valence-corrected chi connectivity index (χ1v) is 8.34. The molecule has 1 saturated carbocycles. The van der Waals surface area contributed by atoms with Crippen LogP contribution in [0, 0.1) is 0 Å². The van der Waals surface area contributed by atoms with Gasteiger partial charge in [-0.1, -0.05) is 25.5 Å². The third kappa shape index (κ3) is 3.35. The molecule has 5 heteroatoms. The Morgan fingerprint density at radius 1 is 1.37 bits per heavy atom. The Morgan fingerprint density at radius 2 is 2.11 bits per heavy atom. The third-order valence-corrected chi connectivity index (χ3v) is 5.27. The zero-order valence-corrected chi connectivity index (χ0v) is 12.3. The Morgan fingerprint density at radius 3 is 2.63 bits per heavy atom. The largest absolute Gasteiger partial charge is 0.313 e. The number of hydrogen-bond acceptors (Lipinski definition) is 3. The molecular weight excluding hydrogens is 260 g/mol. The molecule has 1 aromatic carbocycles. The second-order valence-corrected chi connectivity index (χ2v) is 6.79. The van der Waals surface area contributed by atoms with Crippen LogP contribution in [0.4, 0.5) is 0 Å². The van der Waals surface area contributed by atoms with Crippen molar-refractivity contribution in [3.8, 4) is 0 Å². The van der Waals surface area contributed by atoms with Gasteiger partial charge in [-0.05, 0) is 44.0 Å². The van der Waals surface area contributed by atoms with Crippen LogP contribution in [0.5, 0.6) is 0 Å². The van der Waals surface area contributed by atoms with E-state index in [-0.39, 0.29) is 12.1 Å². The summed E-state index contributed by atoms with van der Waals surface area (Å²) in [5.74, 6) is 0. The lowest BCUT2D eigenvalue weighted by Crippen LogP contribution is -2.39. The molecule has 0 heterocycles. The molecule has 0 amide bonds. The van der Waals surface area contributed by atoms with Gasteiger partial charge in [-0.15, -0.1) is 0 Å². The fourth-order valence-corrected chi connectivity index (χ4v) is 3.68. The van der Waals surface area contributed by atoms with Gasteiger partial charge < -0.3 is 5.32 Å². The second-order valence-electron chi connectivity index (χ2n) is 5.07. The van der Waals surface area contributed by atoms with Gasteiger partial charge in [-0.3, -0.25) is 0 Å². The number of benzene rings is 1. The average molecular weight is 282 g/mol. The summed E-state index contributed by atoms with van der Waals surface area (Å²) in [6.07, 6.45) is 3.95. The number of sulfonamides is 1. The first kappa shape index (κ1) is 14.5. The van der Waals surface area contributed by atoms with Crippen molar-refractivity contribution in [2.24, 2.45) is 0 Å². The highest BCUT2D eigenvalue weighted by molar-refractivity contribution is 7.89. The summed E-state index contributed by atoms with van der Waals surface area (Å²) in [5.41, 5.74) is 1.02. The molecule has 0 saturated heterocycles. The molecule has 0 aromatic heterocycles. The van der Waals surface area contributed by atoms with Crippen LogP contribution in [0.25, 0.3) is 0 Å². The van der Waals surface area contributed by atoms with Crippen LogP contribution in [0.3, 0.4) is 0 Å². The van der Waals surface area contributed by atoms with E-state index in [0.717, 1.165) is 31.2 Å². The van der Waals surface area contributed by atoms with Crippen molar-refractivity contribution in [1.29, 1.82) is 0 Å². The van der Waals surface area contributed by atoms with Crippen molar-refractivity contribution in [3.05, 3.63) is 29.8 Å². The fraction of sp³-hybridized carbons (Fsp3) is 0.571. The van der Waals surface area contributed by atoms with Gasteiger partial charge in [0.05, 0.1) is 4.90 Å². The Kier molecular flexibility index (Phi) is 4.60. The van der Waals surface area contributed by atoms with Gasteiger partial charge in [0.2, 0.25) is 10.0 Å². The molecule has 1 aromatic rings. The molecule has 1 aliphatic rings. The summed E-state index contributed by atoms with van der Waals surface area (Å²) in [6.45, 7) is 2.08. The fourth-order valence-electron chi connectivity index (χ4n) is 2.32. The first-order chi connectivity index (χ1) is 9.06. The van der Waals surface area contributed by atoms with Gasteiger partial charge in [0.1, 0.15) is 0 Å². The smallest absolute Gasteiger partial charge is 0.240 e. The predicted octanol–water partition coefficient (Wildman–Crippen LogP) is 2.19. The van der Waals surface area contributed by atoms with Crippen LogP contribution in [-0.4, -0.2) is 21.5 Å². The normalized spacial score (nSPS) is 18.0. The molecule has 19 heavy (non-hydrogen) atoms. The number of hydrogen-bond donors (Lipinski definition) is 2. The zero-order chi connectivity index (χ0) is 13.9. The molecule has 1 aliphatic carbocycles. The lowest BCUT2D eigenvalue weighted by molar-refractivity contribution is 0.383. The highest BCUT2D eigenvalue weighted by Gasteiger charge is 2.25. The minimum atomic E-state index is -3.37. The molecule has 2 N–H and O–H groups in total. The van der Waals surface area contributed by atoms with E-state index in [1.54, 1.807) is 12.1 Å². The third-order valence-electron chi connectivity index (χ3n) is 3.75. The quantitative estimate of drug-likeness (QED) is 0.841. The summed E-state index contributed by atoms with van der Waals surface area (Å²) in [7, 11) is -1.48. The van der Waals surface area contributed by atoms with Crippen molar-refractivity contribution in [3.63, 3.8) is 0 Å². The van der Waals surface area contributed by atoms with Gasteiger partial charge in [-0.25, -0.2) is 13.1 Å². The summed E-state index contributed by atoms with van der Waals surface area (Å²) < 4.78 is 27.3. The maximum Gasteiger partial charge on any atom is 0.240 e. The summed E-state index contributed by atoms with van der Waals surface area (Å²) in [5, 5.41) is 3.19. The highest BCUT2D eigenvalue weighted by Crippen LogP contribution is 2.23. The molecule has 2 rings (SSSR count). The minimum absolute atomic E-state index is 0.125. The molecule has 1 unspecified atom stereocenters. The van der Waals surface area contributed by atoms with Crippen molar-refractivity contribution >= 4 is 10.0 Å². The summed E-state index contributed by atoms with van der Waals surface area (Å²) >= 11 is 0. The van der Waals surface area contributed by atoms with Crippen LogP contribution in [0.1, 0.15) is 44.2 Å². The van der Waals surface area contributed by atoms with E-state index in [1.807, 2.05) is 19.2 Å². The zero-order valence-electron chi connectivity index (χ0n) is 11.5. The van der Waals surface area contributed by atoms with E-state index >= 15 is 0 Å². The second kappa shape index (κ2) is 6.03. The van der Waals surface area contributed by atoms with Crippen molar-refractivity contribution in [1.82, 2.24) is 10.0 Å². The Balaban J connectivity index is 2.21. The Labute approximate surface area is 115 Å². The number of nitrogens with one attached hydrogen (secondary N) is 2. The maximum absolute atomic E-state index is 12.3. The van der Waals surface area contributed by atoms with Crippen LogP contribution in [0.2, 0.25) is 0 Å². The Hall–Kier alpha value is -0.910. The van der Waals surface area contributed by atoms with Gasteiger partial charge in [0, 0.05) is 12.1 Å².